The third kappa shape index (κ3) is 20.2. The molecule has 6 N–H and O–H groups in total. The Morgan fingerprint density at radius 3 is 0.438 bits per heavy atom. The van der Waals surface area contributed by atoms with Crippen molar-refractivity contribution in [2.24, 2.45) is 0 Å². The highest BCUT2D eigenvalue weighted by Crippen LogP contribution is 2.50. The van der Waals surface area contributed by atoms with Crippen LogP contribution in [-0.4, -0.2) is 77.6 Å². The van der Waals surface area contributed by atoms with Crippen LogP contribution in [0.3, 0.4) is 0 Å². The summed E-state index contributed by atoms with van der Waals surface area (Å²) in [6, 6.07) is 101. The average molecular weight is 1520 g/mol. The summed E-state index contributed by atoms with van der Waals surface area (Å²) < 4.78 is 0. The molecule has 12 aromatic carbocycles. The molecule has 0 atom stereocenters. The molecule has 0 bridgehead atoms. The maximum Gasteiger partial charge on any atom is 0.123 e. The molecule has 0 saturated carbocycles. The maximum absolute atomic E-state index is 12.3. The van der Waals surface area contributed by atoms with E-state index in [9.17, 15) is 20.4 Å². The molecular weight excluding hydrogens is 1400 g/mol. The molecule has 0 unspecified atom stereocenters. The number of hydrogen-bond acceptors (Lipinski definition) is 6. The first kappa shape index (κ1) is 90.0. The maximum atomic E-state index is 12.3. The minimum atomic E-state index is -0.484. The zero-order chi connectivity index (χ0) is 80.4. The van der Waals surface area contributed by atoms with Crippen LogP contribution in [0.1, 0.15) is 250 Å². The second-order valence-electron chi connectivity index (χ2n) is 34.6. The van der Waals surface area contributed by atoms with E-state index in [1.165, 1.54) is 22.3 Å². The molecular formula is C104H120Al2O6. The van der Waals surface area contributed by atoms with Gasteiger partial charge in [0.15, 0.2) is 0 Å². The Balaban J connectivity index is 0.000000279. The predicted molar refractivity (Wildman–Crippen MR) is 473 cm³/mol. The Morgan fingerprint density at radius 1 is 0.196 bits per heavy atom. The molecule has 0 fully saturated rings. The third-order valence-corrected chi connectivity index (χ3v) is 23.1. The minimum absolute atomic E-state index is 0. The number of aliphatic hydroxyl groups excluding tert-OH is 2. The summed E-state index contributed by atoms with van der Waals surface area (Å²) >= 11 is 0. The predicted octanol–water partition coefficient (Wildman–Crippen LogP) is 24.0. The van der Waals surface area contributed by atoms with Crippen LogP contribution in [0.4, 0.5) is 0 Å². The lowest BCUT2D eigenvalue weighted by Gasteiger charge is -2.34. The van der Waals surface area contributed by atoms with E-state index in [2.05, 4.69) is 353 Å². The number of aliphatic hydroxyl groups is 2. The van der Waals surface area contributed by atoms with Gasteiger partial charge in [0.05, 0.1) is 0 Å². The van der Waals surface area contributed by atoms with Crippen LogP contribution in [0.15, 0.2) is 291 Å². The van der Waals surface area contributed by atoms with Gasteiger partial charge in [-0.2, -0.15) is 0 Å². The van der Waals surface area contributed by atoms with Gasteiger partial charge in [0.25, 0.3) is 0 Å². The van der Waals surface area contributed by atoms with Crippen LogP contribution in [0.5, 0.6) is 23.0 Å². The average Bonchev–Trinajstić information content (AvgIpc) is 0.775. The van der Waals surface area contributed by atoms with Crippen molar-refractivity contribution in [3.63, 3.8) is 0 Å². The molecule has 0 aliphatic carbocycles. The van der Waals surface area contributed by atoms with Crippen LogP contribution >= 0.6 is 0 Å². The summed E-state index contributed by atoms with van der Waals surface area (Å²) in [5.74, 6) is 1.08. The Hall–Kier alpha value is -9.18. The lowest BCUT2D eigenvalue weighted by molar-refractivity contribution is 0.215. The molecule has 12 rings (SSSR count). The van der Waals surface area contributed by atoms with Crippen molar-refractivity contribution < 1.29 is 30.6 Å². The van der Waals surface area contributed by atoms with Crippen molar-refractivity contribution in [2.45, 2.75) is 207 Å². The fourth-order valence-corrected chi connectivity index (χ4v) is 15.2. The fraction of sp³-hybridized carbons (Fsp3) is 0.308. The number of hydrogen-bond donors (Lipinski definition) is 6. The second-order valence-corrected chi connectivity index (χ2v) is 34.6. The molecule has 8 heteroatoms. The quantitative estimate of drug-likeness (QED) is 0.0423. The van der Waals surface area contributed by atoms with Crippen molar-refractivity contribution in [3.05, 3.63) is 402 Å². The third-order valence-electron chi connectivity index (χ3n) is 23.1. The summed E-state index contributed by atoms with van der Waals surface area (Å²) in [7, 11) is 0. The normalized spacial score (nSPS) is 12.1. The molecule has 0 spiro atoms. The monoisotopic (exact) mass is 1520 g/mol. The Kier molecular flexibility index (Phi) is 29.9. The summed E-state index contributed by atoms with van der Waals surface area (Å²) in [5.41, 5.74) is 17.1. The van der Waals surface area contributed by atoms with E-state index in [0.29, 0.717) is 12.8 Å². The van der Waals surface area contributed by atoms with Gasteiger partial charge in [-0.3, -0.25) is 0 Å². The van der Waals surface area contributed by atoms with Gasteiger partial charge in [0.1, 0.15) is 23.0 Å². The SMILES string of the molecule is CC(C)(c1ccccc1)c1cc(Cc2cc(C(C)(C)c3ccccc3)cc(C(C)(C)c3ccccc3)c2O)c(O)c(C(C)(C)c2ccccc2)c1.CC(C)(c1ccccc1)c1cc(Cc2cc(C(C)(C)c3ccccc3)cc(C(C)(C)c3ccccc3)c2O)c(O)c(C(C)(C)c2ccccc2)c1.CC(C)O.CC(C)O.[Al].[Al]. The van der Waals surface area contributed by atoms with E-state index in [1.807, 2.05) is 48.5 Å². The minimum Gasteiger partial charge on any atom is -0.507 e. The van der Waals surface area contributed by atoms with Crippen molar-refractivity contribution in [3.8, 4) is 23.0 Å². The van der Waals surface area contributed by atoms with Crippen molar-refractivity contribution >= 4 is 34.7 Å². The summed E-state index contributed by atoms with van der Waals surface area (Å²) in [5, 5.41) is 65.4. The van der Waals surface area contributed by atoms with Crippen molar-refractivity contribution in [1.82, 2.24) is 0 Å². The molecule has 0 aliphatic rings. The van der Waals surface area contributed by atoms with Gasteiger partial charge in [-0.05, 0) is 117 Å². The molecule has 112 heavy (non-hydrogen) atoms. The van der Waals surface area contributed by atoms with Gasteiger partial charge in [-0.15, -0.1) is 0 Å². The number of benzene rings is 12. The topological polar surface area (TPSA) is 121 Å². The Bertz CT molecular complexity index is 4340. The molecule has 12 aromatic rings. The largest absolute Gasteiger partial charge is 0.507 e. The van der Waals surface area contributed by atoms with Gasteiger partial charge in [-0.1, -0.05) is 402 Å². The number of rotatable bonds is 20. The second kappa shape index (κ2) is 37.2. The van der Waals surface area contributed by atoms with E-state index in [4.69, 9.17) is 10.2 Å². The first-order chi connectivity index (χ1) is 51.8. The van der Waals surface area contributed by atoms with Crippen LogP contribution in [0, 0.1) is 0 Å². The fourth-order valence-electron chi connectivity index (χ4n) is 15.2. The van der Waals surface area contributed by atoms with E-state index in [1.54, 1.807) is 27.7 Å². The van der Waals surface area contributed by atoms with Gasteiger partial charge in [-0.25, -0.2) is 0 Å². The molecule has 0 aromatic heterocycles. The smallest absolute Gasteiger partial charge is 0.123 e. The molecule has 0 heterocycles. The summed E-state index contributed by atoms with van der Waals surface area (Å²) in [6.45, 7) is 42.3. The van der Waals surface area contributed by atoms with Gasteiger partial charge >= 0.3 is 0 Å². The summed E-state index contributed by atoms with van der Waals surface area (Å²) in [6.07, 6.45) is 0.398. The van der Waals surface area contributed by atoms with Crippen molar-refractivity contribution in [1.29, 1.82) is 0 Å². The standard InChI is InChI=1S/2C49H52O2.2C3H8O.2Al/c2*1-46(2,36-21-13-9-14-22-36)40-30-34(44(50)42(32-40)48(5,6)38-25-17-11-18-26-38)29-35-31-41(47(3,4)37-23-15-10-16-24-37)33-43(45(35)51)49(7,8)39-27-19-12-20-28-39;2*1-3(2)4;;/h2*9-28,30-33,50-51H,29H2,1-8H3;2*3-4H,1-2H3;;. The first-order valence-electron chi connectivity index (χ1n) is 39.0. The number of phenols is 4. The Morgan fingerprint density at radius 2 is 0.312 bits per heavy atom. The number of phenolic OH excluding ortho intramolecular Hbond substituents is 4. The highest BCUT2D eigenvalue weighted by atomic mass is 27.0. The zero-order valence-electron chi connectivity index (χ0n) is 70.1. The molecule has 578 valence electrons. The van der Waals surface area contributed by atoms with E-state index in [0.717, 1.165) is 89.0 Å². The molecule has 0 aliphatic heterocycles. The zero-order valence-corrected chi connectivity index (χ0v) is 72.4. The molecule has 0 amide bonds. The highest BCUT2D eigenvalue weighted by molar-refractivity contribution is 5.76. The first-order valence-corrected chi connectivity index (χ1v) is 39.0. The van der Waals surface area contributed by atoms with Gasteiger partial charge in [0.2, 0.25) is 0 Å². The lowest BCUT2D eigenvalue weighted by Crippen LogP contribution is -2.24. The van der Waals surface area contributed by atoms with Crippen molar-refractivity contribution in [2.75, 3.05) is 0 Å². The van der Waals surface area contributed by atoms with E-state index >= 15 is 0 Å². The Labute approximate surface area is 692 Å². The van der Waals surface area contributed by atoms with E-state index in [-0.39, 0.29) is 91.6 Å². The summed E-state index contributed by atoms with van der Waals surface area (Å²) in [4.78, 5) is 0. The molecule has 0 saturated heterocycles. The van der Waals surface area contributed by atoms with Gasteiger partial charge < -0.3 is 30.6 Å². The van der Waals surface area contributed by atoms with Crippen LogP contribution in [0.25, 0.3) is 0 Å². The molecule has 6 nitrogen and oxygen atoms in total. The number of aromatic hydroxyl groups is 4. The highest BCUT2D eigenvalue weighted by Gasteiger charge is 2.38. The van der Waals surface area contributed by atoms with Crippen LogP contribution in [-0.2, 0) is 56.2 Å². The van der Waals surface area contributed by atoms with Gasteiger partial charge in [0, 0.05) is 125 Å². The van der Waals surface area contributed by atoms with E-state index < -0.39 is 21.7 Å². The lowest BCUT2D eigenvalue weighted by atomic mass is 9.70. The molecule has 6 radical (unpaired) electrons. The van der Waals surface area contributed by atoms with Crippen LogP contribution in [0.2, 0.25) is 0 Å². The van der Waals surface area contributed by atoms with Crippen LogP contribution < -0.4 is 0 Å².